The van der Waals surface area contributed by atoms with Gasteiger partial charge in [0.2, 0.25) is 0 Å². The summed E-state index contributed by atoms with van der Waals surface area (Å²) in [5.41, 5.74) is -1.27. The third-order valence-corrected chi connectivity index (χ3v) is 9.08. The van der Waals surface area contributed by atoms with E-state index >= 15 is 0 Å². The van der Waals surface area contributed by atoms with Gasteiger partial charge in [-0.05, 0) is 69.7 Å². The number of aliphatic carboxylic acids is 1. The van der Waals surface area contributed by atoms with Gasteiger partial charge in [0.25, 0.3) is 0 Å². The van der Waals surface area contributed by atoms with Crippen molar-refractivity contribution < 1.29 is 36.2 Å². The highest BCUT2D eigenvalue weighted by atomic mass is 28.3. The topological polar surface area (TPSA) is 40.5 Å². The Morgan fingerprint density at radius 3 is 2.09 bits per heavy atom. The first-order valence-corrected chi connectivity index (χ1v) is 15.7. The van der Waals surface area contributed by atoms with E-state index in [0.717, 1.165) is 18.2 Å². The lowest BCUT2D eigenvalue weighted by molar-refractivity contribution is -0.153. The van der Waals surface area contributed by atoms with Gasteiger partial charge in [-0.1, -0.05) is 37.8 Å². The third kappa shape index (κ3) is 8.51. The van der Waals surface area contributed by atoms with E-state index in [1.165, 1.54) is 12.1 Å². The first-order chi connectivity index (χ1) is 15.8. The van der Waals surface area contributed by atoms with Crippen LogP contribution in [0.1, 0.15) is 63.1 Å². The monoisotopic (exact) mass is 525 g/mol. The molecule has 0 spiro atoms. The van der Waals surface area contributed by atoms with Gasteiger partial charge in [-0.3, -0.25) is 9.69 Å². The number of hydrogen-bond donors (Lipinski definition) is 1. The first kappa shape index (κ1) is 29.7. The van der Waals surface area contributed by atoms with Crippen molar-refractivity contribution in [2.24, 2.45) is 11.3 Å². The van der Waals surface area contributed by atoms with Crippen molar-refractivity contribution >= 4 is 14.0 Å². The van der Waals surface area contributed by atoms with E-state index in [2.05, 4.69) is 19.6 Å². The predicted octanol–water partition coefficient (Wildman–Crippen LogP) is 8.01. The molecule has 10 heteroatoms. The summed E-state index contributed by atoms with van der Waals surface area (Å²) in [7, 11) is -1.56. The Hall–Kier alpha value is -1.55. The number of rotatable bonds is 9. The molecule has 1 aliphatic heterocycles. The molecule has 2 unspecified atom stereocenters. The van der Waals surface area contributed by atoms with Gasteiger partial charge in [0.1, 0.15) is 0 Å². The van der Waals surface area contributed by atoms with Crippen LogP contribution in [0.5, 0.6) is 0 Å². The fourth-order valence-electron chi connectivity index (χ4n) is 4.88. The van der Waals surface area contributed by atoms with Crippen LogP contribution in [0, 0.1) is 11.3 Å². The predicted molar refractivity (Wildman–Crippen MR) is 127 cm³/mol. The van der Waals surface area contributed by atoms with E-state index in [1.54, 1.807) is 13.8 Å². The maximum atomic E-state index is 13.2. The number of carboxylic acids is 1. The highest BCUT2D eigenvalue weighted by molar-refractivity contribution is 6.76. The number of carboxylic acid groups (broad SMARTS) is 1. The van der Waals surface area contributed by atoms with E-state index in [9.17, 15) is 36.2 Å². The highest BCUT2D eigenvalue weighted by Gasteiger charge is 2.44. The number of likely N-dealkylation sites (tertiary alicyclic amines) is 1. The molecular weight excluding hydrogens is 488 g/mol. The second kappa shape index (κ2) is 10.8. The van der Waals surface area contributed by atoms with Crippen LogP contribution in [0.3, 0.4) is 0 Å². The fourth-order valence-corrected chi connectivity index (χ4v) is 6.08. The summed E-state index contributed by atoms with van der Waals surface area (Å²) >= 11 is 0. The molecule has 0 radical (unpaired) electrons. The molecule has 1 aliphatic rings. The number of piperidine rings is 1. The summed E-state index contributed by atoms with van der Waals surface area (Å²) in [6, 6.07) is 4.75. The Balaban J connectivity index is 2.44. The Kier molecular flexibility index (Phi) is 9.18. The Morgan fingerprint density at radius 1 is 1.06 bits per heavy atom. The Bertz CT molecular complexity index is 827. The number of carbonyl (C=O) groups is 1. The minimum Gasteiger partial charge on any atom is -0.481 e. The second-order valence-corrected chi connectivity index (χ2v) is 17.1. The summed E-state index contributed by atoms with van der Waals surface area (Å²) in [5, 5.41) is 9.74. The molecule has 1 aromatic carbocycles. The number of benzene rings is 1. The van der Waals surface area contributed by atoms with Gasteiger partial charge in [0.05, 0.1) is 11.0 Å². The maximum Gasteiger partial charge on any atom is 0.416 e. The first-order valence-electron chi connectivity index (χ1n) is 12.0. The van der Waals surface area contributed by atoms with Gasteiger partial charge < -0.3 is 5.11 Å². The van der Waals surface area contributed by atoms with Crippen molar-refractivity contribution in [2.45, 2.75) is 96.1 Å². The molecule has 0 bridgehead atoms. The summed E-state index contributed by atoms with van der Waals surface area (Å²) in [6.07, 6.45) is -8.36. The molecule has 0 amide bonds. The van der Waals surface area contributed by atoms with E-state index in [4.69, 9.17) is 0 Å². The normalized spacial score (nSPS) is 21.7. The van der Waals surface area contributed by atoms with Crippen LogP contribution in [0.4, 0.5) is 26.3 Å². The van der Waals surface area contributed by atoms with E-state index in [1.807, 2.05) is 4.90 Å². The number of hydrogen-bond acceptors (Lipinski definition) is 2. The van der Waals surface area contributed by atoms with Crippen LogP contribution in [-0.2, 0) is 11.0 Å². The van der Waals surface area contributed by atoms with Crippen LogP contribution in [0.25, 0.3) is 0 Å². The van der Waals surface area contributed by atoms with E-state index < -0.39 is 49.8 Å². The van der Waals surface area contributed by atoms with Crippen LogP contribution >= 0.6 is 0 Å². The molecule has 1 fully saturated rings. The van der Waals surface area contributed by atoms with E-state index in [0.29, 0.717) is 31.4 Å². The molecule has 200 valence electrons. The van der Waals surface area contributed by atoms with Gasteiger partial charge in [0.15, 0.2) is 0 Å². The minimum absolute atomic E-state index is 0.0852. The molecule has 35 heavy (non-hydrogen) atoms. The molecule has 0 aliphatic carbocycles. The zero-order valence-corrected chi connectivity index (χ0v) is 22.1. The van der Waals surface area contributed by atoms with Gasteiger partial charge >= 0.3 is 18.3 Å². The zero-order valence-electron chi connectivity index (χ0n) is 21.1. The van der Waals surface area contributed by atoms with E-state index in [-0.39, 0.29) is 18.4 Å². The van der Waals surface area contributed by atoms with Gasteiger partial charge in [-0.25, -0.2) is 0 Å². The number of halogens is 6. The number of nitrogens with zero attached hydrogens (tertiary/aromatic N) is 1. The zero-order chi connectivity index (χ0) is 26.8. The largest absolute Gasteiger partial charge is 0.481 e. The lowest BCUT2D eigenvalue weighted by Crippen LogP contribution is -2.48. The third-order valence-electron chi connectivity index (χ3n) is 7.30. The van der Waals surface area contributed by atoms with Crippen molar-refractivity contribution in [1.82, 2.24) is 4.90 Å². The lowest BCUT2D eigenvalue weighted by atomic mass is 9.70. The molecular formula is C25H37F6NO2Si. The summed E-state index contributed by atoms with van der Waals surface area (Å²) in [5.74, 6) is -1.22. The molecule has 0 saturated carbocycles. The van der Waals surface area contributed by atoms with Gasteiger partial charge in [0, 0.05) is 26.6 Å². The maximum absolute atomic E-state index is 13.2. The van der Waals surface area contributed by atoms with Crippen molar-refractivity contribution in [1.29, 1.82) is 0 Å². The van der Waals surface area contributed by atoms with Crippen molar-refractivity contribution in [2.75, 3.05) is 6.54 Å². The molecule has 3 nitrogen and oxygen atoms in total. The van der Waals surface area contributed by atoms with Crippen molar-refractivity contribution in [3.05, 3.63) is 35.4 Å². The SMILES string of the molecule is CC(C)(C(=O)O)C1CCN([C@@H](CCC(F)(F)F)CC[Si](C)(C)C)C(c2ccc(C(F)(F)F)cc2)C1. The molecule has 1 aromatic rings. The number of alkyl halides is 6. The average Bonchev–Trinajstić information content (AvgIpc) is 2.71. The molecule has 2 rings (SSSR count). The van der Waals surface area contributed by atoms with Crippen LogP contribution < -0.4 is 0 Å². The van der Waals surface area contributed by atoms with Crippen molar-refractivity contribution in [3.63, 3.8) is 0 Å². The smallest absolute Gasteiger partial charge is 0.416 e. The highest BCUT2D eigenvalue weighted by Crippen LogP contribution is 2.45. The fraction of sp³-hybridized carbons (Fsp3) is 0.720. The van der Waals surface area contributed by atoms with Gasteiger partial charge in [-0.2, -0.15) is 26.3 Å². The average molecular weight is 526 g/mol. The Morgan fingerprint density at radius 2 is 1.63 bits per heavy atom. The van der Waals surface area contributed by atoms with Crippen LogP contribution in [-0.4, -0.2) is 42.8 Å². The Labute approximate surface area is 204 Å². The molecule has 1 heterocycles. The quantitative estimate of drug-likeness (QED) is 0.262. The van der Waals surface area contributed by atoms with Crippen LogP contribution in [0.2, 0.25) is 25.7 Å². The summed E-state index contributed by atoms with van der Waals surface area (Å²) in [4.78, 5) is 13.9. The van der Waals surface area contributed by atoms with Gasteiger partial charge in [-0.15, -0.1) is 0 Å². The van der Waals surface area contributed by atoms with Crippen LogP contribution in [0.15, 0.2) is 24.3 Å². The lowest BCUT2D eigenvalue weighted by Gasteiger charge is -2.47. The molecule has 1 N–H and O–H groups in total. The molecule has 0 aromatic heterocycles. The molecule has 3 atom stereocenters. The minimum atomic E-state index is -4.49. The summed E-state index contributed by atoms with van der Waals surface area (Å²) < 4.78 is 78.8. The van der Waals surface area contributed by atoms with Crippen molar-refractivity contribution in [3.8, 4) is 0 Å². The molecule has 1 saturated heterocycles. The summed E-state index contributed by atoms with van der Waals surface area (Å²) in [6.45, 7) is 10.1. The second-order valence-electron chi connectivity index (χ2n) is 11.5. The standard InChI is InChI=1S/C25H37F6NO2Si/c1-23(2,22(33)34)19-11-14-32(20(10-13-24(26,27)28)12-15-35(3,4)5)21(16-19)17-6-8-18(9-7-17)25(29,30)31/h6-9,19-21H,10-16H2,1-5H3,(H,33,34)/t19?,20-,21?/m0/s1.